The van der Waals surface area contributed by atoms with Crippen LogP contribution in [0.25, 0.3) is 0 Å². The summed E-state index contributed by atoms with van der Waals surface area (Å²) in [5, 5.41) is 5.22. The number of nitrogens with zero attached hydrogens (tertiary/aromatic N) is 2. The standard InChI is InChI=1S/C22H29F3N4O3/c1-13-9-20(2,3)12-21(10-13)18(31)29(19(32)27-21)11-17(30)26-15-8-14(22(23,24)25)6-7-16(15)28(4)5/h6-8,13H,9-12H2,1-5H3,(H,26,30)(H,27,32). The zero-order valence-electron chi connectivity index (χ0n) is 18.9. The molecule has 2 atom stereocenters. The third kappa shape index (κ3) is 4.68. The summed E-state index contributed by atoms with van der Waals surface area (Å²) >= 11 is 0. The average Bonchev–Trinajstić information content (AvgIpc) is 2.82. The molecule has 0 radical (unpaired) electrons. The van der Waals surface area contributed by atoms with Gasteiger partial charge in [0.05, 0.1) is 16.9 Å². The summed E-state index contributed by atoms with van der Waals surface area (Å²) in [6.07, 6.45) is -2.71. The molecule has 0 aromatic heterocycles. The van der Waals surface area contributed by atoms with Crippen molar-refractivity contribution in [1.29, 1.82) is 0 Å². The van der Waals surface area contributed by atoms with Gasteiger partial charge in [0.25, 0.3) is 5.91 Å². The van der Waals surface area contributed by atoms with Crippen LogP contribution in [0.15, 0.2) is 18.2 Å². The monoisotopic (exact) mass is 454 g/mol. The van der Waals surface area contributed by atoms with E-state index in [4.69, 9.17) is 0 Å². The number of carbonyl (C=O) groups is 3. The largest absolute Gasteiger partial charge is 0.416 e. The maximum atomic E-state index is 13.2. The number of nitrogens with one attached hydrogen (secondary N) is 2. The van der Waals surface area contributed by atoms with Crippen molar-refractivity contribution in [2.24, 2.45) is 11.3 Å². The molecule has 1 saturated carbocycles. The average molecular weight is 454 g/mol. The molecule has 2 N–H and O–H groups in total. The van der Waals surface area contributed by atoms with Gasteiger partial charge < -0.3 is 15.5 Å². The Morgan fingerprint density at radius 2 is 1.91 bits per heavy atom. The van der Waals surface area contributed by atoms with Gasteiger partial charge in [-0.2, -0.15) is 13.2 Å². The summed E-state index contributed by atoms with van der Waals surface area (Å²) in [6, 6.07) is 2.36. The molecule has 1 heterocycles. The van der Waals surface area contributed by atoms with E-state index in [1.165, 1.54) is 6.07 Å². The van der Waals surface area contributed by atoms with Crippen LogP contribution in [-0.2, 0) is 15.8 Å². The molecule has 3 rings (SSSR count). The molecular weight excluding hydrogens is 425 g/mol. The molecule has 1 aliphatic carbocycles. The first kappa shape index (κ1) is 23.9. The van der Waals surface area contributed by atoms with Crippen LogP contribution in [-0.4, -0.2) is 48.9 Å². The van der Waals surface area contributed by atoms with Crippen molar-refractivity contribution < 1.29 is 27.6 Å². The van der Waals surface area contributed by atoms with Crippen molar-refractivity contribution in [2.45, 2.75) is 51.7 Å². The van der Waals surface area contributed by atoms with Crippen molar-refractivity contribution in [2.75, 3.05) is 30.9 Å². The summed E-state index contributed by atoms with van der Waals surface area (Å²) in [4.78, 5) is 40.8. The fourth-order valence-electron chi connectivity index (χ4n) is 5.19. The normalized spacial score (nSPS) is 25.1. The Labute approximate surface area is 185 Å². The minimum atomic E-state index is -4.58. The lowest BCUT2D eigenvalue weighted by Gasteiger charge is -2.43. The predicted octanol–water partition coefficient (Wildman–Crippen LogP) is 3.85. The van der Waals surface area contributed by atoms with Crippen LogP contribution in [0.1, 0.15) is 45.6 Å². The molecule has 7 nitrogen and oxygen atoms in total. The Balaban J connectivity index is 1.80. The Morgan fingerprint density at radius 3 is 2.47 bits per heavy atom. The number of hydrogen-bond acceptors (Lipinski definition) is 4. The maximum absolute atomic E-state index is 13.2. The number of alkyl halides is 3. The Bertz CT molecular complexity index is 945. The van der Waals surface area contributed by atoms with E-state index in [0.717, 1.165) is 23.5 Å². The molecule has 2 unspecified atom stereocenters. The van der Waals surface area contributed by atoms with Crippen molar-refractivity contribution in [3.05, 3.63) is 23.8 Å². The highest BCUT2D eigenvalue weighted by Gasteiger charge is 2.56. The quantitative estimate of drug-likeness (QED) is 0.678. The fourth-order valence-corrected chi connectivity index (χ4v) is 5.19. The third-order valence-corrected chi connectivity index (χ3v) is 6.01. The van der Waals surface area contributed by atoms with Crippen LogP contribution in [0.2, 0.25) is 0 Å². The first-order chi connectivity index (χ1) is 14.6. The van der Waals surface area contributed by atoms with E-state index in [2.05, 4.69) is 10.6 Å². The van der Waals surface area contributed by atoms with E-state index in [1.807, 2.05) is 20.8 Å². The Morgan fingerprint density at radius 1 is 1.25 bits per heavy atom. The van der Waals surface area contributed by atoms with Gasteiger partial charge in [-0.15, -0.1) is 0 Å². The highest BCUT2D eigenvalue weighted by Crippen LogP contribution is 2.46. The number of urea groups is 1. The molecule has 4 amide bonds. The molecule has 1 spiro atoms. The molecule has 176 valence electrons. The third-order valence-electron chi connectivity index (χ3n) is 6.01. The summed E-state index contributed by atoms with van der Waals surface area (Å²) in [6.45, 7) is 5.52. The van der Waals surface area contributed by atoms with E-state index in [1.54, 1.807) is 19.0 Å². The van der Waals surface area contributed by atoms with E-state index in [9.17, 15) is 27.6 Å². The lowest BCUT2D eigenvalue weighted by molar-refractivity contribution is -0.137. The first-order valence-corrected chi connectivity index (χ1v) is 10.5. The predicted molar refractivity (Wildman–Crippen MR) is 114 cm³/mol. The van der Waals surface area contributed by atoms with Crippen molar-refractivity contribution in [3.63, 3.8) is 0 Å². The van der Waals surface area contributed by atoms with Crippen LogP contribution in [0.5, 0.6) is 0 Å². The van der Waals surface area contributed by atoms with Gasteiger partial charge in [0.15, 0.2) is 0 Å². The van der Waals surface area contributed by atoms with Crippen molar-refractivity contribution in [3.8, 4) is 0 Å². The number of amides is 4. The number of carbonyl (C=O) groups excluding carboxylic acids is 3. The summed E-state index contributed by atoms with van der Waals surface area (Å²) in [7, 11) is 3.26. The second-order valence-corrected chi connectivity index (χ2v) is 9.93. The van der Waals surface area contributed by atoms with Gasteiger partial charge in [0, 0.05) is 14.1 Å². The van der Waals surface area contributed by atoms with Gasteiger partial charge >= 0.3 is 12.2 Å². The Hall–Kier alpha value is -2.78. The summed E-state index contributed by atoms with van der Waals surface area (Å²) in [5.41, 5.74) is -1.81. The second-order valence-electron chi connectivity index (χ2n) is 9.93. The lowest BCUT2D eigenvalue weighted by Crippen LogP contribution is -2.54. The minimum Gasteiger partial charge on any atom is -0.376 e. The molecule has 2 fully saturated rings. The maximum Gasteiger partial charge on any atom is 0.416 e. The van der Waals surface area contributed by atoms with Gasteiger partial charge in [-0.05, 0) is 48.8 Å². The molecule has 32 heavy (non-hydrogen) atoms. The van der Waals surface area contributed by atoms with Crippen LogP contribution in [0, 0.1) is 11.3 Å². The molecular formula is C22H29F3N4O3. The Kier molecular flexibility index (Phi) is 5.95. The summed E-state index contributed by atoms with van der Waals surface area (Å²) in [5.74, 6) is -1.00. The van der Waals surface area contributed by atoms with Gasteiger partial charge in [0.1, 0.15) is 12.1 Å². The highest BCUT2D eigenvalue weighted by atomic mass is 19.4. The zero-order valence-corrected chi connectivity index (χ0v) is 18.9. The molecule has 1 aromatic rings. The van der Waals surface area contributed by atoms with Gasteiger partial charge in [-0.25, -0.2) is 4.79 Å². The number of halogens is 3. The van der Waals surface area contributed by atoms with E-state index in [0.29, 0.717) is 18.5 Å². The van der Waals surface area contributed by atoms with E-state index >= 15 is 0 Å². The number of rotatable bonds is 4. The van der Waals surface area contributed by atoms with Crippen LogP contribution in [0.3, 0.4) is 0 Å². The number of anilines is 2. The number of hydrogen-bond donors (Lipinski definition) is 2. The van der Waals surface area contributed by atoms with Crippen LogP contribution < -0.4 is 15.5 Å². The number of imide groups is 1. The van der Waals surface area contributed by atoms with Gasteiger partial charge in [-0.1, -0.05) is 20.8 Å². The highest BCUT2D eigenvalue weighted by molar-refractivity contribution is 6.10. The topological polar surface area (TPSA) is 81.8 Å². The molecule has 10 heteroatoms. The molecule has 1 aliphatic heterocycles. The molecule has 1 saturated heterocycles. The number of benzene rings is 1. The second kappa shape index (κ2) is 7.97. The summed E-state index contributed by atoms with van der Waals surface area (Å²) < 4.78 is 39.4. The SMILES string of the molecule is CC1CC(C)(C)CC2(C1)NC(=O)N(CC(=O)Nc1cc(C(F)(F)F)ccc1N(C)C)C2=O. The minimum absolute atomic E-state index is 0.0518. The van der Waals surface area contributed by atoms with Gasteiger partial charge in [-0.3, -0.25) is 14.5 Å². The zero-order chi connectivity index (χ0) is 24.1. The van der Waals surface area contributed by atoms with Gasteiger partial charge in [0.2, 0.25) is 5.91 Å². The molecule has 1 aromatic carbocycles. The van der Waals surface area contributed by atoms with E-state index in [-0.39, 0.29) is 17.0 Å². The molecule has 0 bridgehead atoms. The van der Waals surface area contributed by atoms with Crippen LogP contribution in [0.4, 0.5) is 29.3 Å². The fraction of sp³-hybridized carbons (Fsp3) is 0.591. The van der Waals surface area contributed by atoms with E-state index < -0.39 is 41.7 Å². The lowest BCUT2D eigenvalue weighted by atomic mass is 9.64. The first-order valence-electron chi connectivity index (χ1n) is 10.5. The van der Waals surface area contributed by atoms with Crippen LogP contribution >= 0.6 is 0 Å². The molecule has 2 aliphatic rings. The smallest absolute Gasteiger partial charge is 0.376 e. The van der Waals surface area contributed by atoms with Crippen molar-refractivity contribution in [1.82, 2.24) is 10.2 Å². The van der Waals surface area contributed by atoms with Crippen molar-refractivity contribution >= 4 is 29.2 Å².